The van der Waals surface area contributed by atoms with Gasteiger partial charge in [0.15, 0.2) is 5.78 Å². The number of carbonyl (C=O) groups is 2. The predicted octanol–water partition coefficient (Wildman–Crippen LogP) is 1.71. The minimum absolute atomic E-state index is 0.0158. The number of Topliss-reactive ketones (excluding diaryl/α,β-unsaturated/α-hetero) is 1. The van der Waals surface area contributed by atoms with Crippen LogP contribution in [-0.4, -0.2) is 23.3 Å². The van der Waals surface area contributed by atoms with E-state index in [1.165, 1.54) is 13.0 Å². The van der Waals surface area contributed by atoms with E-state index in [1.807, 2.05) is 6.92 Å². The van der Waals surface area contributed by atoms with Gasteiger partial charge in [0.05, 0.1) is 17.7 Å². The first kappa shape index (κ1) is 14.2. The molecule has 1 rings (SSSR count). The zero-order valence-electron chi connectivity index (χ0n) is 10.8. The zero-order valence-corrected chi connectivity index (χ0v) is 10.8. The highest BCUT2D eigenvalue weighted by molar-refractivity contribution is 5.97. The summed E-state index contributed by atoms with van der Waals surface area (Å²) < 4.78 is 4.92. The Hall–Kier alpha value is -1.91. The number of hydrogen-bond donors (Lipinski definition) is 1. The first-order chi connectivity index (χ1) is 8.51. The minimum atomic E-state index is -0.514. The van der Waals surface area contributed by atoms with Crippen molar-refractivity contribution in [2.75, 3.05) is 6.61 Å². The molecule has 0 aliphatic rings. The molecule has 0 atom stereocenters. The normalized spacial score (nSPS) is 10.2. The monoisotopic (exact) mass is 251 g/mol. The number of hydrogen-bond acceptors (Lipinski definition) is 4. The lowest BCUT2D eigenvalue weighted by Gasteiger charge is -2.09. The third-order valence-corrected chi connectivity index (χ3v) is 2.50. The maximum atomic E-state index is 11.8. The molecule has 1 aromatic heterocycles. The van der Waals surface area contributed by atoms with Crippen LogP contribution in [0, 0.1) is 0 Å². The van der Waals surface area contributed by atoms with Crippen molar-refractivity contribution in [1.82, 2.24) is 4.98 Å². The van der Waals surface area contributed by atoms with Gasteiger partial charge in [0.25, 0.3) is 5.56 Å². The molecule has 18 heavy (non-hydrogen) atoms. The van der Waals surface area contributed by atoms with Gasteiger partial charge in [0.1, 0.15) is 0 Å². The maximum absolute atomic E-state index is 11.8. The third kappa shape index (κ3) is 3.06. The summed E-state index contributed by atoms with van der Waals surface area (Å²) in [6, 6.07) is 1.32. The summed E-state index contributed by atoms with van der Waals surface area (Å²) in [4.78, 5) is 37.3. The molecule has 5 heteroatoms. The van der Waals surface area contributed by atoms with Crippen LogP contribution in [0.15, 0.2) is 10.9 Å². The fraction of sp³-hybridized carbons (Fsp3) is 0.462. The Balaban J connectivity index is 3.34. The van der Waals surface area contributed by atoms with Gasteiger partial charge < -0.3 is 9.72 Å². The first-order valence-corrected chi connectivity index (χ1v) is 5.95. The first-order valence-electron chi connectivity index (χ1n) is 5.95. The number of esters is 1. The standard InChI is InChI=1S/C13H17NO4/c1-4-6-11-10(13(17)18-5-2)7-9(8(3)15)12(16)14-11/h7H,4-6H2,1-3H3,(H,14,16). The summed E-state index contributed by atoms with van der Waals surface area (Å²) in [5, 5.41) is 0. The van der Waals surface area contributed by atoms with E-state index in [0.717, 1.165) is 6.42 Å². The molecule has 1 heterocycles. The van der Waals surface area contributed by atoms with Crippen LogP contribution in [0.5, 0.6) is 0 Å². The highest BCUT2D eigenvalue weighted by atomic mass is 16.5. The largest absolute Gasteiger partial charge is 0.462 e. The predicted molar refractivity (Wildman–Crippen MR) is 67.0 cm³/mol. The van der Waals surface area contributed by atoms with Crippen LogP contribution in [0.25, 0.3) is 0 Å². The van der Waals surface area contributed by atoms with Crippen molar-refractivity contribution in [1.29, 1.82) is 0 Å². The SMILES string of the molecule is CCCc1[nH]c(=O)c(C(C)=O)cc1C(=O)OCC. The lowest BCUT2D eigenvalue weighted by Crippen LogP contribution is -2.22. The van der Waals surface area contributed by atoms with E-state index in [9.17, 15) is 14.4 Å². The molecule has 0 unspecified atom stereocenters. The second-order valence-electron chi connectivity index (χ2n) is 3.93. The fourth-order valence-corrected chi connectivity index (χ4v) is 1.67. The fourth-order valence-electron chi connectivity index (χ4n) is 1.67. The number of H-pyrrole nitrogens is 1. The van der Waals surface area contributed by atoms with Crippen LogP contribution in [0.3, 0.4) is 0 Å². The van der Waals surface area contributed by atoms with Crippen molar-refractivity contribution in [3.8, 4) is 0 Å². The average molecular weight is 251 g/mol. The minimum Gasteiger partial charge on any atom is -0.462 e. The molecule has 1 N–H and O–H groups in total. The van der Waals surface area contributed by atoms with Crippen molar-refractivity contribution >= 4 is 11.8 Å². The van der Waals surface area contributed by atoms with Crippen LogP contribution in [-0.2, 0) is 11.2 Å². The summed E-state index contributed by atoms with van der Waals surface area (Å²) in [6.45, 7) is 5.18. The van der Waals surface area contributed by atoms with Gasteiger partial charge in [-0.2, -0.15) is 0 Å². The Labute approximate surface area is 105 Å². The number of rotatable bonds is 5. The van der Waals surface area contributed by atoms with Gasteiger partial charge in [-0.3, -0.25) is 9.59 Å². The number of aromatic amines is 1. The van der Waals surface area contributed by atoms with Gasteiger partial charge in [0.2, 0.25) is 0 Å². The molecule has 0 saturated carbocycles. The van der Waals surface area contributed by atoms with Crippen LogP contribution in [0.2, 0.25) is 0 Å². The Morgan fingerprint density at radius 2 is 1.94 bits per heavy atom. The molecule has 0 saturated heterocycles. The second-order valence-corrected chi connectivity index (χ2v) is 3.93. The summed E-state index contributed by atoms with van der Waals surface area (Å²) >= 11 is 0. The van der Waals surface area contributed by atoms with Gasteiger partial charge >= 0.3 is 5.97 Å². The number of aromatic nitrogens is 1. The summed E-state index contributed by atoms with van der Waals surface area (Å²) in [5.41, 5.74) is 0.311. The lowest BCUT2D eigenvalue weighted by molar-refractivity contribution is 0.0524. The smallest absolute Gasteiger partial charge is 0.339 e. The molecule has 98 valence electrons. The van der Waals surface area contributed by atoms with Crippen LogP contribution >= 0.6 is 0 Å². The topological polar surface area (TPSA) is 76.2 Å². The second kappa shape index (κ2) is 6.14. The Kier molecular flexibility index (Phi) is 4.83. The summed E-state index contributed by atoms with van der Waals surface area (Å²) in [5.74, 6) is -0.885. The molecule has 0 fully saturated rings. The van der Waals surface area contributed by atoms with Crippen LogP contribution in [0.4, 0.5) is 0 Å². The molecular weight excluding hydrogens is 234 g/mol. The number of ketones is 1. The molecule has 1 aromatic rings. The molecule has 0 radical (unpaired) electrons. The molecule has 5 nitrogen and oxygen atoms in total. The molecule has 0 spiro atoms. The molecule has 0 aliphatic carbocycles. The van der Waals surface area contributed by atoms with E-state index in [4.69, 9.17) is 4.74 Å². The molecule has 0 bridgehead atoms. The molecular formula is C13H17NO4. The molecule has 0 aliphatic heterocycles. The highest BCUT2D eigenvalue weighted by Gasteiger charge is 2.17. The van der Waals surface area contributed by atoms with Crippen LogP contribution < -0.4 is 5.56 Å². The maximum Gasteiger partial charge on any atom is 0.339 e. The zero-order chi connectivity index (χ0) is 13.7. The van der Waals surface area contributed by atoms with Crippen molar-refractivity contribution < 1.29 is 14.3 Å². The van der Waals surface area contributed by atoms with E-state index in [1.54, 1.807) is 6.92 Å². The van der Waals surface area contributed by atoms with Gasteiger partial charge in [-0.1, -0.05) is 13.3 Å². The van der Waals surface area contributed by atoms with Gasteiger partial charge in [0, 0.05) is 5.69 Å². The number of ether oxygens (including phenoxy) is 1. The average Bonchev–Trinajstić information content (AvgIpc) is 2.29. The van der Waals surface area contributed by atoms with Crippen molar-refractivity contribution in [2.24, 2.45) is 0 Å². The number of nitrogens with one attached hydrogen (secondary N) is 1. The van der Waals surface area contributed by atoms with E-state index in [-0.39, 0.29) is 23.5 Å². The van der Waals surface area contributed by atoms with Crippen LogP contribution in [0.1, 0.15) is 53.6 Å². The Morgan fingerprint density at radius 3 is 2.44 bits per heavy atom. The Bertz CT molecular complexity index is 516. The number of aryl methyl sites for hydroxylation is 1. The quantitative estimate of drug-likeness (QED) is 0.638. The van der Waals surface area contributed by atoms with Gasteiger partial charge in [-0.25, -0.2) is 4.79 Å². The third-order valence-electron chi connectivity index (χ3n) is 2.50. The number of carbonyl (C=O) groups excluding carboxylic acids is 2. The van der Waals surface area contributed by atoms with E-state index < -0.39 is 11.5 Å². The van der Waals surface area contributed by atoms with E-state index >= 15 is 0 Å². The van der Waals surface area contributed by atoms with Gasteiger partial charge in [-0.15, -0.1) is 0 Å². The highest BCUT2D eigenvalue weighted by Crippen LogP contribution is 2.11. The van der Waals surface area contributed by atoms with Crippen molar-refractivity contribution in [3.63, 3.8) is 0 Å². The van der Waals surface area contributed by atoms with Crippen molar-refractivity contribution in [2.45, 2.75) is 33.6 Å². The van der Waals surface area contributed by atoms with E-state index in [0.29, 0.717) is 12.1 Å². The van der Waals surface area contributed by atoms with E-state index in [2.05, 4.69) is 4.98 Å². The Morgan fingerprint density at radius 1 is 1.28 bits per heavy atom. The summed E-state index contributed by atoms with van der Waals surface area (Å²) in [7, 11) is 0. The molecule has 0 amide bonds. The van der Waals surface area contributed by atoms with Crippen molar-refractivity contribution in [3.05, 3.63) is 33.2 Å². The lowest BCUT2D eigenvalue weighted by atomic mass is 10.1. The summed E-state index contributed by atoms with van der Waals surface area (Å²) in [6.07, 6.45) is 1.34. The number of pyridine rings is 1. The molecule has 0 aromatic carbocycles. The van der Waals surface area contributed by atoms with Gasteiger partial charge in [-0.05, 0) is 26.3 Å².